The second-order valence-electron chi connectivity index (χ2n) is 14.0. The summed E-state index contributed by atoms with van der Waals surface area (Å²) in [6, 6.07) is 66.0. The van der Waals surface area contributed by atoms with E-state index in [0.717, 1.165) is 72.1 Å². The topological polar surface area (TPSA) is 62.4 Å². The number of hydrogen-bond acceptors (Lipinski definition) is 2. The summed E-state index contributed by atoms with van der Waals surface area (Å²) in [5.74, 6) is 0. The number of hydrogen-bond donors (Lipinski definition) is 0. The van der Waals surface area contributed by atoms with Crippen molar-refractivity contribution in [2.24, 2.45) is 0 Å². The van der Waals surface area contributed by atoms with Crippen molar-refractivity contribution in [3.8, 4) is 40.3 Å². The number of benzene rings is 8. The zero-order valence-corrected chi connectivity index (χ0v) is 29.5. The van der Waals surface area contributed by atoms with Gasteiger partial charge >= 0.3 is 0 Å². The van der Waals surface area contributed by atoms with E-state index in [1.54, 1.807) is 0 Å². The van der Waals surface area contributed by atoms with E-state index in [1.165, 1.54) is 21.5 Å². The van der Waals surface area contributed by atoms with Gasteiger partial charge in [0.2, 0.25) is 0 Å². The summed E-state index contributed by atoms with van der Waals surface area (Å²) in [5.41, 5.74) is 12.7. The van der Waals surface area contributed by atoms with Crippen LogP contribution in [0, 0.1) is 22.7 Å². The minimum atomic E-state index is 0.574. The van der Waals surface area contributed by atoms with E-state index in [1.807, 2.05) is 30.3 Å². The molecule has 0 aliphatic carbocycles. The van der Waals surface area contributed by atoms with E-state index in [9.17, 15) is 10.5 Å². The van der Waals surface area contributed by atoms with Crippen LogP contribution in [0.1, 0.15) is 11.1 Å². The van der Waals surface area contributed by atoms with E-state index >= 15 is 0 Å². The summed E-state index contributed by atoms with van der Waals surface area (Å²) in [5, 5.41) is 27.1. The molecule has 0 aliphatic rings. The van der Waals surface area contributed by atoms with Crippen LogP contribution in [0.15, 0.2) is 176 Å². The van der Waals surface area contributed by atoms with E-state index in [0.29, 0.717) is 11.1 Å². The lowest BCUT2D eigenvalue weighted by Gasteiger charge is -2.13. The van der Waals surface area contributed by atoms with Gasteiger partial charge in [0.05, 0.1) is 56.4 Å². The highest BCUT2D eigenvalue weighted by atomic mass is 15.0. The van der Waals surface area contributed by atoms with Crippen LogP contribution < -0.4 is 0 Å². The molecule has 0 unspecified atom stereocenters. The van der Waals surface area contributed by atoms with Crippen LogP contribution in [0.2, 0.25) is 0 Å². The Kier molecular flexibility index (Phi) is 6.61. The Labute approximate surface area is 316 Å². The predicted octanol–water partition coefficient (Wildman–Crippen LogP) is 12.4. The Morgan fingerprint density at radius 1 is 0.291 bits per heavy atom. The second kappa shape index (κ2) is 11.8. The summed E-state index contributed by atoms with van der Waals surface area (Å²) in [4.78, 5) is 0. The van der Waals surface area contributed by atoms with Gasteiger partial charge in [-0.05, 0) is 102 Å². The molecule has 0 fully saturated rings. The van der Waals surface area contributed by atoms with E-state index < -0.39 is 0 Å². The SMILES string of the molecule is N#Cc1cc(-c2ccc(-n3c4ccccc4c4ccccc43)cc2)cc(-n2c3ccc(C#N)cc3c3cc(-n4c5ccccc5c5ccccc54)ccc32)c1. The van der Waals surface area contributed by atoms with Crippen molar-refractivity contribution >= 4 is 65.4 Å². The van der Waals surface area contributed by atoms with Gasteiger partial charge in [-0.3, -0.25) is 0 Å². The molecule has 0 atom stereocenters. The summed E-state index contributed by atoms with van der Waals surface area (Å²) in [7, 11) is 0. The lowest BCUT2D eigenvalue weighted by Crippen LogP contribution is -1.97. The summed E-state index contributed by atoms with van der Waals surface area (Å²) >= 11 is 0. The monoisotopic (exact) mass is 699 g/mol. The van der Waals surface area contributed by atoms with Crippen LogP contribution >= 0.6 is 0 Å². The Morgan fingerprint density at radius 3 is 1.27 bits per heavy atom. The molecule has 3 aromatic heterocycles. The molecule has 0 saturated carbocycles. The van der Waals surface area contributed by atoms with E-state index in [2.05, 4.69) is 171 Å². The lowest BCUT2D eigenvalue weighted by atomic mass is 10.0. The molecular weight excluding hydrogens is 671 g/mol. The lowest BCUT2D eigenvalue weighted by molar-refractivity contribution is 1.16. The van der Waals surface area contributed by atoms with E-state index in [4.69, 9.17) is 0 Å². The summed E-state index contributed by atoms with van der Waals surface area (Å²) in [6.45, 7) is 0. The van der Waals surface area contributed by atoms with Gasteiger partial charge in [-0.25, -0.2) is 0 Å². The van der Waals surface area contributed by atoms with Crippen molar-refractivity contribution in [3.05, 3.63) is 187 Å². The Morgan fingerprint density at radius 2 is 0.727 bits per heavy atom. The minimum absolute atomic E-state index is 0.574. The number of fused-ring (bicyclic) bond motifs is 9. The van der Waals surface area contributed by atoms with Gasteiger partial charge in [-0.15, -0.1) is 0 Å². The first-order chi connectivity index (χ1) is 27.2. The molecular formula is C50H29N5. The molecule has 0 spiro atoms. The third-order valence-electron chi connectivity index (χ3n) is 11.1. The van der Waals surface area contributed by atoms with Crippen LogP contribution in [0.4, 0.5) is 0 Å². The Hall–Kier alpha value is -7.86. The zero-order valence-electron chi connectivity index (χ0n) is 29.5. The molecule has 0 bridgehead atoms. The van der Waals surface area contributed by atoms with Gasteiger partial charge in [0.25, 0.3) is 0 Å². The molecule has 8 aromatic carbocycles. The molecule has 11 rings (SSSR count). The maximum Gasteiger partial charge on any atom is 0.0992 e. The second-order valence-corrected chi connectivity index (χ2v) is 14.0. The van der Waals surface area contributed by atoms with Crippen molar-refractivity contribution in [1.29, 1.82) is 10.5 Å². The molecule has 0 aliphatic heterocycles. The highest BCUT2D eigenvalue weighted by Crippen LogP contribution is 2.39. The average Bonchev–Trinajstić information content (AvgIpc) is 3.89. The fourth-order valence-electron chi connectivity index (χ4n) is 8.67. The van der Waals surface area contributed by atoms with E-state index in [-0.39, 0.29) is 0 Å². The Bertz CT molecular complexity index is 3350. The largest absolute Gasteiger partial charge is 0.309 e. The number of nitriles is 2. The zero-order chi connectivity index (χ0) is 36.6. The van der Waals surface area contributed by atoms with Crippen LogP contribution in [-0.4, -0.2) is 13.7 Å². The molecule has 11 aromatic rings. The first-order valence-electron chi connectivity index (χ1n) is 18.3. The minimum Gasteiger partial charge on any atom is -0.309 e. The standard InChI is InChI=1S/C50H29N5/c51-30-32-17-23-49-43(27-32)44-29-37(54-47-15-7-3-11-41(47)42-12-4-8-16-48(42)54)22-24-50(44)55(49)38-26-33(31-52)25-35(28-38)34-18-20-36(21-19-34)53-45-13-5-1-9-39(45)40-10-2-6-14-46(40)53/h1-29H. The normalized spacial score (nSPS) is 11.6. The number of aromatic nitrogens is 3. The fourth-order valence-corrected chi connectivity index (χ4v) is 8.67. The Balaban J connectivity index is 1.09. The maximum atomic E-state index is 10.3. The average molecular weight is 700 g/mol. The fraction of sp³-hybridized carbons (Fsp3) is 0. The predicted molar refractivity (Wildman–Crippen MR) is 224 cm³/mol. The highest BCUT2D eigenvalue weighted by Gasteiger charge is 2.18. The molecule has 0 N–H and O–H groups in total. The van der Waals surface area contributed by atoms with Gasteiger partial charge in [-0.2, -0.15) is 10.5 Å². The van der Waals surface area contributed by atoms with Crippen LogP contribution in [0.25, 0.3) is 93.6 Å². The maximum absolute atomic E-state index is 10.3. The summed E-state index contributed by atoms with van der Waals surface area (Å²) in [6.07, 6.45) is 0. The molecule has 0 radical (unpaired) electrons. The number of rotatable bonds is 4. The molecule has 3 heterocycles. The first-order valence-corrected chi connectivity index (χ1v) is 18.3. The van der Waals surface area contributed by atoms with Crippen LogP contribution in [0.5, 0.6) is 0 Å². The van der Waals surface area contributed by atoms with Gasteiger partial charge in [0, 0.05) is 49.4 Å². The third-order valence-corrected chi connectivity index (χ3v) is 11.1. The number of nitrogens with zero attached hydrogens (tertiary/aromatic N) is 5. The molecule has 5 nitrogen and oxygen atoms in total. The third kappa shape index (κ3) is 4.58. The van der Waals surface area contributed by atoms with Gasteiger partial charge < -0.3 is 13.7 Å². The highest BCUT2D eigenvalue weighted by molar-refractivity contribution is 6.13. The quantitative estimate of drug-likeness (QED) is 0.184. The molecule has 5 heteroatoms. The smallest absolute Gasteiger partial charge is 0.0992 e. The molecule has 0 amide bonds. The van der Waals surface area contributed by atoms with Gasteiger partial charge in [0.1, 0.15) is 0 Å². The first kappa shape index (κ1) is 30.7. The van der Waals surface area contributed by atoms with Crippen molar-refractivity contribution in [3.63, 3.8) is 0 Å². The van der Waals surface area contributed by atoms with Gasteiger partial charge in [-0.1, -0.05) is 84.9 Å². The van der Waals surface area contributed by atoms with Crippen LogP contribution in [-0.2, 0) is 0 Å². The van der Waals surface area contributed by atoms with Crippen molar-refractivity contribution in [2.75, 3.05) is 0 Å². The van der Waals surface area contributed by atoms with Crippen molar-refractivity contribution in [2.45, 2.75) is 0 Å². The van der Waals surface area contributed by atoms with Gasteiger partial charge in [0.15, 0.2) is 0 Å². The molecule has 55 heavy (non-hydrogen) atoms. The van der Waals surface area contributed by atoms with Crippen molar-refractivity contribution < 1.29 is 0 Å². The molecule has 0 saturated heterocycles. The number of para-hydroxylation sites is 4. The summed E-state index contributed by atoms with van der Waals surface area (Å²) < 4.78 is 6.85. The van der Waals surface area contributed by atoms with Crippen molar-refractivity contribution in [1.82, 2.24) is 13.7 Å². The molecule has 254 valence electrons. The van der Waals surface area contributed by atoms with Crippen LogP contribution in [0.3, 0.4) is 0 Å².